The lowest BCUT2D eigenvalue weighted by molar-refractivity contribution is -0.128. The van der Waals surface area contributed by atoms with Gasteiger partial charge in [0.05, 0.1) is 5.69 Å². The highest BCUT2D eigenvalue weighted by Crippen LogP contribution is 2.25. The standard InChI is InChI=1S/C18H23N3O3/c1-12-14(15(24-21-12)13-8-6-5-7-9-13)16(22)19-10-11-20-17(23)18(2,3)4/h5-9H,10-11H2,1-4H3,(H,19,22)(H,20,23). The number of aromatic nitrogens is 1. The molecule has 0 spiro atoms. The van der Waals surface area contributed by atoms with Crippen LogP contribution < -0.4 is 10.6 Å². The Balaban J connectivity index is 1.99. The lowest BCUT2D eigenvalue weighted by Gasteiger charge is -2.17. The Morgan fingerprint density at radius 1 is 1.08 bits per heavy atom. The maximum Gasteiger partial charge on any atom is 0.257 e. The summed E-state index contributed by atoms with van der Waals surface area (Å²) in [7, 11) is 0. The van der Waals surface area contributed by atoms with E-state index in [0.717, 1.165) is 5.56 Å². The molecule has 2 rings (SSSR count). The number of nitrogens with one attached hydrogen (secondary N) is 2. The maximum atomic E-state index is 12.4. The van der Waals surface area contributed by atoms with Gasteiger partial charge < -0.3 is 15.2 Å². The largest absolute Gasteiger partial charge is 0.355 e. The van der Waals surface area contributed by atoms with E-state index < -0.39 is 5.41 Å². The molecule has 1 aromatic heterocycles. The highest BCUT2D eigenvalue weighted by Gasteiger charge is 2.22. The topological polar surface area (TPSA) is 84.2 Å². The smallest absolute Gasteiger partial charge is 0.257 e. The normalized spacial score (nSPS) is 11.2. The first-order valence-corrected chi connectivity index (χ1v) is 7.89. The van der Waals surface area contributed by atoms with Gasteiger partial charge in [0.15, 0.2) is 5.76 Å². The van der Waals surface area contributed by atoms with Gasteiger partial charge in [0.25, 0.3) is 5.91 Å². The third-order valence-electron chi connectivity index (χ3n) is 3.50. The van der Waals surface area contributed by atoms with Crippen molar-refractivity contribution in [3.05, 3.63) is 41.6 Å². The molecule has 0 aliphatic carbocycles. The van der Waals surface area contributed by atoms with Crippen LogP contribution >= 0.6 is 0 Å². The zero-order chi connectivity index (χ0) is 17.7. The molecule has 24 heavy (non-hydrogen) atoms. The summed E-state index contributed by atoms with van der Waals surface area (Å²) in [6, 6.07) is 9.36. The fourth-order valence-electron chi connectivity index (χ4n) is 2.13. The van der Waals surface area contributed by atoms with Crippen molar-refractivity contribution in [3.8, 4) is 11.3 Å². The van der Waals surface area contributed by atoms with Crippen LogP contribution in [0.4, 0.5) is 0 Å². The first-order chi connectivity index (χ1) is 11.3. The molecule has 0 fully saturated rings. The van der Waals surface area contributed by atoms with Gasteiger partial charge in [-0.3, -0.25) is 9.59 Å². The van der Waals surface area contributed by atoms with Crippen molar-refractivity contribution in [3.63, 3.8) is 0 Å². The number of amides is 2. The van der Waals surface area contributed by atoms with E-state index in [4.69, 9.17) is 4.52 Å². The summed E-state index contributed by atoms with van der Waals surface area (Å²) in [5, 5.41) is 9.48. The molecule has 128 valence electrons. The van der Waals surface area contributed by atoms with Crippen molar-refractivity contribution in [2.45, 2.75) is 27.7 Å². The van der Waals surface area contributed by atoms with Crippen LogP contribution in [0.15, 0.2) is 34.9 Å². The molecule has 1 heterocycles. The molecular weight excluding hydrogens is 306 g/mol. The van der Waals surface area contributed by atoms with Gasteiger partial charge in [-0.25, -0.2) is 0 Å². The van der Waals surface area contributed by atoms with Gasteiger partial charge in [-0.05, 0) is 6.92 Å². The average Bonchev–Trinajstić information content (AvgIpc) is 2.92. The van der Waals surface area contributed by atoms with Crippen molar-refractivity contribution in [1.82, 2.24) is 15.8 Å². The highest BCUT2D eigenvalue weighted by atomic mass is 16.5. The van der Waals surface area contributed by atoms with Gasteiger partial charge in [0.2, 0.25) is 5.91 Å². The number of hydrogen-bond acceptors (Lipinski definition) is 4. The number of benzene rings is 1. The molecule has 6 nitrogen and oxygen atoms in total. The molecule has 0 aliphatic heterocycles. The maximum absolute atomic E-state index is 12.4. The minimum atomic E-state index is -0.449. The number of carbonyl (C=O) groups excluding carboxylic acids is 2. The van der Waals surface area contributed by atoms with Crippen molar-refractivity contribution in [1.29, 1.82) is 0 Å². The summed E-state index contributed by atoms with van der Waals surface area (Å²) in [5.41, 5.74) is 1.30. The van der Waals surface area contributed by atoms with Crippen molar-refractivity contribution < 1.29 is 14.1 Å². The van der Waals surface area contributed by atoms with Crippen LogP contribution in [0, 0.1) is 12.3 Å². The number of hydrogen-bond donors (Lipinski definition) is 2. The molecule has 1 aromatic carbocycles. The SMILES string of the molecule is Cc1noc(-c2ccccc2)c1C(=O)NCCNC(=O)C(C)(C)C. The number of rotatable bonds is 5. The van der Waals surface area contributed by atoms with Gasteiger partial charge >= 0.3 is 0 Å². The van der Waals surface area contributed by atoms with Crippen LogP contribution in [0.2, 0.25) is 0 Å². The average molecular weight is 329 g/mol. The minimum Gasteiger partial charge on any atom is -0.355 e. The predicted octanol–water partition coefficient (Wildman–Crippen LogP) is 2.54. The van der Waals surface area contributed by atoms with Gasteiger partial charge in [-0.2, -0.15) is 0 Å². The van der Waals surface area contributed by atoms with Gasteiger partial charge in [-0.15, -0.1) is 0 Å². The van der Waals surface area contributed by atoms with Crippen molar-refractivity contribution in [2.75, 3.05) is 13.1 Å². The zero-order valence-corrected chi connectivity index (χ0v) is 14.5. The monoisotopic (exact) mass is 329 g/mol. The third kappa shape index (κ3) is 4.22. The summed E-state index contributed by atoms with van der Waals surface area (Å²) < 4.78 is 5.31. The molecule has 2 N–H and O–H groups in total. The first kappa shape index (κ1) is 17.7. The molecule has 0 radical (unpaired) electrons. The molecule has 0 atom stereocenters. The van der Waals surface area contributed by atoms with Crippen molar-refractivity contribution >= 4 is 11.8 Å². The number of carbonyl (C=O) groups is 2. The molecule has 0 saturated heterocycles. The second kappa shape index (κ2) is 7.29. The molecule has 0 saturated carbocycles. The summed E-state index contributed by atoms with van der Waals surface area (Å²) in [5.74, 6) is 0.129. The van der Waals surface area contributed by atoms with E-state index >= 15 is 0 Å². The molecule has 2 aromatic rings. The molecule has 6 heteroatoms. The quantitative estimate of drug-likeness (QED) is 0.826. The highest BCUT2D eigenvalue weighted by molar-refractivity contribution is 6.00. The van der Waals surface area contributed by atoms with Gasteiger partial charge in [0, 0.05) is 24.1 Å². The third-order valence-corrected chi connectivity index (χ3v) is 3.50. The Hall–Kier alpha value is -2.63. The van der Waals surface area contributed by atoms with Crippen molar-refractivity contribution in [2.24, 2.45) is 5.41 Å². The lowest BCUT2D eigenvalue weighted by Crippen LogP contribution is -2.40. The van der Waals surface area contributed by atoms with E-state index in [1.54, 1.807) is 6.92 Å². The Morgan fingerprint density at radius 3 is 2.33 bits per heavy atom. The predicted molar refractivity (Wildman–Crippen MR) is 91.5 cm³/mol. The Kier molecular flexibility index (Phi) is 5.39. The second-order valence-electron chi connectivity index (χ2n) is 6.60. The van der Waals surface area contributed by atoms with Crippen LogP contribution in [0.1, 0.15) is 36.8 Å². The van der Waals surface area contributed by atoms with Gasteiger partial charge in [0.1, 0.15) is 5.56 Å². The summed E-state index contributed by atoms with van der Waals surface area (Å²) in [6.07, 6.45) is 0. The molecule has 0 bridgehead atoms. The van der Waals surface area contributed by atoms with Gasteiger partial charge in [-0.1, -0.05) is 56.3 Å². The fraction of sp³-hybridized carbons (Fsp3) is 0.389. The summed E-state index contributed by atoms with van der Waals surface area (Å²) in [4.78, 5) is 24.2. The first-order valence-electron chi connectivity index (χ1n) is 7.89. The Bertz CT molecular complexity index is 715. The summed E-state index contributed by atoms with van der Waals surface area (Å²) in [6.45, 7) is 7.95. The van der Waals surface area contributed by atoms with E-state index in [0.29, 0.717) is 30.1 Å². The van der Waals surface area contributed by atoms with Crippen LogP contribution in [-0.4, -0.2) is 30.1 Å². The Labute approximate surface area is 141 Å². The minimum absolute atomic E-state index is 0.0529. The Morgan fingerprint density at radius 2 is 1.71 bits per heavy atom. The van der Waals surface area contributed by atoms with Crippen LogP contribution in [0.25, 0.3) is 11.3 Å². The molecular formula is C18H23N3O3. The lowest BCUT2D eigenvalue weighted by atomic mass is 9.96. The van der Waals surface area contributed by atoms with Crippen LogP contribution in [0.5, 0.6) is 0 Å². The van der Waals surface area contributed by atoms with Crippen LogP contribution in [0.3, 0.4) is 0 Å². The van der Waals surface area contributed by atoms with Crippen LogP contribution in [-0.2, 0) is 4.79 Å². The molecule has 0 aliphatic rings. The van der Waals surface area contributed by atoms with E-state index in [9.17, 15) is 9.59 Å². The van der Waals surface area contributed by atoms with E-state index in [2.05, 4.69) is 15.8 Å². The molecule has 0 unspecified atom stereocenters. The molecule has 2 amide bonds. The fourth-order valence-corrected chi connectivity index (χ4v) is 2.13. The van der Waals surface area contributed by atoms with E-state index in [-0.39, 0.29) is 11.8 Å². The second-order valence-corrected chi connectivity index (χ2v) is 6.60. The van der Waals surface area contributed by atoms with E-state index in [1.165, 1.54) is 0 Å². The zero-order valence-electron chi connectivity index (χ0n) is 14.5. The van der Waals surface area contributed by atoms with E-state index in [1.807, 2.05) is 51.1 Å². The number of aryl methyl sites for hydroxylation is 1. The summed E-state index contributed by atoms with van der Waals surface area (Å²) >= 11 is 0. The number of nitrogens with zero attached hydrogens (tertiary/aromatic N) is 1.